The zero-order valence-electron chi connectivity index (χ0n) is 18.0. The van der Waals surface area contributed by atoms with Gasteiger partial charge in [-0.15, -0.1) is 0 Å². The van der Waals surface area contributed by atoms with Gasteiger partial charge in [0.2, 0.25) is 10.0 Å². The number of halogens is 1. The topological polar surface area (TPSA) is 121 Å². The van der Waals surface area contributed by atoms with Crippen molar-refractivity contribution in [2.24, 2.45) is 0 Å². The number of rotatable bonds is 7. The lowest BCUT2D eigenvalue weighted by molar-refractivity contribution is 0.102. The largest absolute Gasteiger partial charge is 0.322 e. The molecule has 0 atom stereocenters. The molecule has 0 saturated heterocycles. The summed E-state index contributed by atoms with van der Waals surface area (Å²) in [6, 6.07) is 15.2. The number of carbonyl (C=O) groups excluding carboxylic acids is 1. The molecule has 174 valence electrons. The summed E-state index contributed by atoms with van der Waals surface area (Å²) >= 11 is 5.96. The van der Waals surface area contributed by atoms with E-state index in [0.29, 0.717) is 27.6 Å². The minimum absolute atomic E-state index is 0.00963. The Labute approximate surface area is 198 Å². The van der Waals surface area contributed by atoms with Crippen molar-refractivity contribution in [1.29, 1.82) is 0 Å². The number of aryl methyl sites for hydroxylation is 1. The molecular formula is C22H22ClN3O5S2. The zero-order valence-corrected chi connectivity index (χ0v) is 20.4. The third-order valence-electron chi connectivity index (χ3n) is 4.74. The number of amides is 1. The first-order chi connectivity index (χ1) is 15.4. The first kappa shape index (κ1) is 24.6. The maximum absolute atomic E-state index is 12.7. The van der Waals surface area contributed by atoms with Gasteiger partial charge in [-0.1, -0.05) is 23.7 Å². The fourth-order valence-electron chi connectivity index (χ4n) is 3.02. The van der Waals surface area contributed by atoms with Crippen molar-refractivity contribution >= 4 is 54.6 Å². The molecule has 0 heterocycles. The summed E-state index contributed by atoms with van der Waals surface area (Å²) in [5.41, 5.74) is 2.50. The van der Waals surface area contributed by atoms with E-state index in [1.54, 1.807) is 44.2 Å². The van der Waals surface area contributed by atoms with Crippen LogP contribution in [-0.2, 0) is 20.0 Å². The Bertz CT molecular complexity index is 1420. The van der Waals surface area contributed by atoms with E-state index in [1.807, 2.05) is 0 Å². The minimum Gasteiger partial charge on any atom is -0.322 e. The second-order valence-corrected chi connectivity index (χ2v) is 11.3. The monoisotopic (exact) mass is 507 g/mol. The molecule has 3 N–H and O–H groups in total. The Morgan fingerprint density at radius 1 is 0.848 bits per heavy atom. The van der Waals surface area contributed by atoms with Crippen molar-refractivity contribution in [1.82, 2.24) is 0 Å². The summed E-state index contributed by atoms with van der Waals surface area (Å²) in [4.78, 5) is 12.7. The molecule has 0 aliphatic rings. The van der Waals surface area contributed by atoms with Crippen molar-refractivity contribution in [3.05, 3.63) is 82.4 Å². The van der Waals surface area contributed by atoms with Gasteiger partial charge < -0.3 is 5.32 Å². The molecule has 0 fully saturated rings. The van der Waals surface area contributed by atoms with Crippen molar-refractivity contribution in [2.45, 2.75) is 18.7 Å². The lowest BCUT2D eigenvalue weighted by Gasteiger charge is -2.13. The van der Waals surface area contributed by atoms with E-state index in [2.05, 4.69) is 14.8 Å². The summed E-state index contributed by atoms with van der Waals surface area (Å²) in [5.74, 6) is -0.465. The molecule has 0 aliphatic carbocycles. The van der Waals surface area contributed by atoms with Gasteiger partial charge in [-0.25, -0.2) is 16.8 Å². The highest BCUT2D eigenvalue weighted by molar-refractivity contribution is 7.92. The molecule has 0 radical (unpaired) electrons. The lowest BCUT2D eigenvalue weighted by Crippen LogP contribution is -2.17. The molecule has 0 bridgehead atoms. The fraction of sp³-hybridized carbons (Fsp3) is 0.136. The Morgan fingerprint density at radius 3 is 2.15 bits per heavy atom. The molecule has 0 aromatic heterocycles. The maximum Gasteiger partial charge on any atom is 0.261 e. The molecule has 0 unspecified atom stereocenters. The smallest absolute Gasteiger partial charge is 0.261 e. The predicted molar refractivity (Wildman–Crippen MR) is 131 cm³/mol. The average Bonchev–Trinajstić information content (AvgIpc) is 2.71. The van der Waals surface area contributed by atoms with Gasteiger partial charge in [0.25, 0.3) is 15.9 Å². The molecule has 3 rings (SSSR count). The van der Waals surface area contributed by atoms with E-state index >= 15 is 0 Å². The molecule has 1 amide bonds. The number of carbonyl (C=O) groups is 1. The second-order valence-electron chi connectivity index (χ2n) is 7.40. The van der Waals surface area contributed by atoms with Gasteiger partial charge in [0.05, 0.1) is 22.5 Å². The molecule has 11 heteroatoms. The van der Waals surface area contributed by atoms with E-state index in [4.69, 9.17) is 11.6 Å². The molecule has 0 spiro atoms. The number of hydrogen-bond acceptors (Lipinski definition) is 5. The number of sulfonamides is 2. The van der Waals surface area contributed by atoms with E-state index in [9.17, 15) is 21.6 Å². The summed E-state index contributed by atoms with van der Waals surface area (Å²) in [7, 11) is -7.37. The van der Waals surface area contributed by atoms with E-state index in [0.717, 1.165) is 11.8 Å². The summed E-state index contributed by atoms with van der Waals surface area (Å²) < 4.78 is 53.3. The number of benzene rings is 3. The van der Waals surface area contributed by atoms with Crippen LogP contribution in [0.15, 0.2) is 65.6 Å². The van der Waals surface area contributed by atoms with Crippen LogP contribution < -0.4 is 14.8 Å². The molecule has 0 saturated carbocycles. The second kappa shape index (κ2) is 9.42. The molecular weight excluding hydrogens is 486 g/mol. The first-order valence-electron chi connectivity index (χ1n) is 9.63. The highest BCUT2D eigenvalue weighted by Gasteiger charge is 2.17. The van der Waals surface area contributed by atoms with Gasteiger partial charge in [0.1, 0.15) is 0 Å². The molecule has 3 aromatic carbocycles. The van der Waals surface area contributed by atoms with Gasteiger partial charge >= 0.3 is 0 Å². The molecule has 8 nitrogen and oxygen atoms in total. The standard InChI is InChI=1S/C22H22ClN3O5S2/c1-14-7-8-16(23)13-21(14)26-33(30,31)18-11-9-17(10-12-18)24-22(27)19-5-4-6-20(15(19)2)25-32(3,28)29/h4-13,25-26H,1-3H3,(H,24,27). The predicted octanol–water partition coefficient (Wildman–Crippen LogP) is 4.38. The van der Waals surface area contributed by atoms with E-state index in [1.165, 1.54) is 30.3 Å². The third kappa shape index (κ3) is 6.25. The Morgan fingerprint density at radius 2 is 1.52 bits per heavy atom. The van der Waals surface area contributed by atoms with E-state index < -0.39 is 26.0 Å². The van der Waals surface area contributed by atoms with Crippen LogP contribution in [0.2, 0.25) is 5.02 Å². The van der Waals surface area contributed by atoms with Gasteiger partial charge in [0, 0.05) is 16.3 Å². The van der Waals surface area contributed by atoms with Crippen LogP contribution in [0.25, 0.3) is 0 Å². The normalized spacial score (nSPS) is 11.6. The van der Waals surface area contributed by atoms with Crippen LogP contribution in [0.1, 0.15) is 21.5 Å². The van der Waals surface area contributed by atoms with Crippen molar-refractivity contribution in [3.63, 3.8) is 0 Å². The van der Waals surface area contributed by atoms with Crippen LogP contribution in [0.4, 0.5) is 17.1 Å². The van der Waals surface area contributed by atoms with Gasteiger partial charge in [-0.05, 0) is 73.5 Å². The first-order valence-corrected chi connectivity index (χ1v) is 13.4. The number of nitrogens with one attached hydrogen (secondary N) is 3. The van der Waals surface area contributed by atoms with Crippen LogP contribution in [0.3, 0.4) is 0 Å². The average molecular weight is 508 g/mol. The summed E-state index contributed by atoms with van der Waals surface area (Å²) in [6.07, 6.45) is 1.03. The van der Waals surface area contributed by atoms with Crippen LogP contribution in [-0.4, -0.2) is 29.0 Å². The SMILES string of the molecule is Cc1ccc(Cl)cc1NS(=O)(=O)c1ccc(NC(=O)c2cccc(NS(C)(=O)=O)c2C)cc1. The van der Waals surface area contributed by atoms with Gasteiger partial charge in [0.15, 0.2) is 0 Å². The Kier molecular flexibility index (Phi) is 7.01. The quantitative estimate of drug-likeness (QED) is 0.438. The molecule has 0 aliphatic heterocycles. The van der Waals surface area contributed by atoms with Crippen molar-refractivity contribution < 1.29 is 21.6 Å². The summed E-state index contributed by atoms with van der Waals surface area (Å²) in [5, 5.41) is 3.09. The maximum atomic E-state index is 12.7. The highest BCUT2D eigenvalue weighted by atomic mass is 35.5. The van der Waals surface area contributed by atoms with Crippen LogP contribution in [0.5, 0.6) is 0 Å². The minimum atomic E-state index is -3.87. The number of anilines is 3. The Hall–Kier alpha value is -3.08. The van der Waals surface area contributed by atoms with Gasteiger partial charge in [-0.2, -0.15) is 0 Å². The highest BCUT2D eigenvalue weighted by Crippen LogP contribution is 2.25. The fourth-order valence-corrected chi connectivity index (χ4v) is 4.93. The van der Waals surface area contributed by atoms with Crippen molar-refractivity contribution in [3.8, 4) is 0 Å². The van der Waals surface area contributed by atoms with E-state index in [-0.39, 0.29) is 10.5 Å². The van der Waals surface area contributed by atoms with Crippen LogP contribution >= 0.6 is 11.6 Å². The molecule has 3 aromatic rings. The third-order valence-corrected chi connectivity index (χ3v) is 6.95. The zero-order chi connectivity index (χ0) is 24.4. The van der Waals surface area contributed by atoms with Crippen molar-refractivity contribution in [2.75, 3.05) is 21.0 Å². The van der Waals surface area contributed by atoms with Crippen LogP contribution in [0, 0.1) is 13.8 Å². The number of hydrogen-bond donors (Lipinski definition) is 3. The van der Waals surface area contributed by atoms with Gasteiger partial charge in [-0.3, -0.25) is 14.2 Å². The lowest BCUT2D eigenvalue weighted by atomic mass is 10.1. The summed E-state index contributed by atoms with van der Waals surface area (Å²) in [6.45, 7) is 3.39. The Balaban J connectivity index is 1.78. The molecule has 33 heavy (non-hydrogen) atoms.